The number of aromatic nitrogens is 1. The van der Waals surface area contributed by atoms with Crippen LogP contribution in [0, 0.1) is 0 Å². The van der Waals surface area contributed by atoms with Crippen molar-refractivity contribution in [2.24, 2.45) is 0 Å². The van der Waals surface area contributed by atoms with E-state index in [-0.39, 0.29) is 17.9 Å². The Morgan fingerprint density at radius 2 is 1.89 bits per heavy atom. The minimum absolute atomic E-state index is 0.0308. The van der Waals surface area contributed by atoms with Crippen LogP contribution in [0.4, 0.5) is 0 Å². The average Bonchev–Trinajstić information content (AvgIpc) is 3.18. The van der Waals surface area contributed by atoms with Gasteiger partial charge in [-0.1, -0.05) is 12.1 Å². The van der Waals surface area contributed by atoms with Gasteiger partial charge in [-0.3, -0.25) is 14.6 Å². The summed E-state index contributed by atoms with van der Waals surface area (Å²) in [6.45, 7) is 3.23. The lowest BCUT2D eigenvalue weighted by Crippen LogP contribution is -2.29. The maximum Gasteiger partial charge on any atom is 0.295 e. The van der Waals surface area contributed by atoms with E-state index in [2.05, 4.69) is 4.98 Å². The van der Waals surface area contributed by atoms with Crippen molar-refractivity contribution in [3.63, 3.8) is 0 Å². The molecule has 5 rings (SSSR count). The summed E-state index contributed by atoms with van der Waals surface area (Å²) in [5, 5.41) is 11.4. The molecule has 0 aliphatic carbocycles. The van der Waals surface area contributed by atoms with Crippen molar-refractivity contribution < 1.29 is 33.6 Å². The molecule has 0 radical (unpaired) electrons. The molecule has 2 aromatic carbocycles. The summed E-state index contributed by atoms with van der Waals surface area (Å²) in [6.07, 6.45) is 3.27. The van der Waals surface area contributed by atoms with Gasteiger partial charge < -0.3 is 29.0 Å². The molecule has 3 heterocycles. The number of ether oxygens (including phenoxy) is 4. The third-order valence-corrected chi connectivity index (χ3v) is 6.23. The Labute approximate surface area is 213 Å². The number of hydrogen-bond donors (Lipinski definition) is 1. The number of aliphatic hydroxyl groups excluding tert-OH is 1. The van der Waals surface area contributed by atoms with E-state index in [9.17, 15) is 14.7 Å². The fourth-order valence-electron chi connectivity index (χ4n) is 4.55. The van der Waals surface area contributed by atoms with Crippen LogP contribution in [0.1, 0.15) is 29.7 Å². The lowest BCUT2D eigenvalue weighted by atomic mass is 9.94. The molecule has 1 fully saturated rings. The normalized spacial score (nSPS) is 18.1. The molecule has 1 aromatic heterocycles. The standard InChI is InChI=1S/C28H26N2O7/c1-3-35-20-8-6-18(13-22(20)34-2)25-24(26(31)19-7-9-21-23(14-19)37-12-11-36-21)27(32)28(33)30(25)16-17-5-4-10-29-15-17/h4-10,13-15,25,31H,3,11-12,16H2,1-2H3. The molecule has 0 spiro atoms. The zero-order valence-corrected chi connectivity index (χ0v) is 20.5. The van der Waals surface area contributed by atoms with Crippen LogP contribution in [0.3, 0.4) is 0 Å². The Kier molecular flexibility index (Phi) is 6.68. The van der Waals surface area contributed by atoms with Crippen LogP contribution in [0.2, 0.25) is 0 Å². The van der Waals surface area contributed by atoms with E-state index in [0.717, 1.165) is 5.56 Å². The number of carbonyl (C=O) groups is 2. The summed E-state index contributed by atoms with van der Waals surface area (Å²) < 4.78 is 22.4. The van der Waals surface area contributed by atoms with Crippen molar-refractivity contribution >= 4 is 17.4 Å². The second kappa shape index (κ2) is 10.2. The number of rotatable bonds is 7. The Morgan fingerprint density at radius 1 is 1.08 bits per heavy atom. The van der Waals surface area contributed by atoms with E-state index < -0.39 is 17.7 Å². The number of ketones is 1. The van der Waals surface area contributed by atoms with E-state index in [1.807, 2.05) is 13.0 Å². The number of likely N-dealkylation sites (tertiary alicyclic amines) is 1. The van der Waals surface area contributed by atoms with Gasteiger partial charge >= 0.3 is 0 Å². The molecule has 3 aromatic rings. The van der Waals surface area contributed by atoms with Crippen molar-refractivity contribution in [3.8, 4) is 23.0 Å². The number of methoxy groups -OCH3 is 1. The molecule has 0 saturated carbocycles. The van der Waals surface area contributed by atoms with Crippen molar-refractivity contribution in [2.75, 3.05) is 26.9 Å². The first-order chi connectivity index (χ1) is 18.0. The molecule has 2 aliphatic heterocycles. The highest BCUT2D eigenvalue weighted by molar-refractivity contribution is 6.46. The van der Waals surface area contributed by atoms with Gasteiger partial charge in [0.1, 0.15) is 19.0 Å². The first-order valence-electron chi connectivity index (χ1n) is 11.9. The summed E-state index contributed by atoms with van der Waals surface area (Å²) >= 11 is 0. The number of benzene rings is 2. The summed E-state index contributed by atoms with van der Waals surface area (Å²) in [6, 6.07) is 12.8. The smallest absolute Gasteiger partial charge is 0.295 e. The molecular weight excluding hydrogens is 476 g/mol. The van der Waals surface area contributed by atoms with Gasteiger partial charge in [0, 0.05) is 24.5 Å². The second-order valence-corrected chi connectivity index (χ2v) is 8.49. The Morgan fingerprint density at radius 3 is 2.62 bits per heavy atom. The summed E-state index contributed by atoms with van der Waals surface area (Å²) in [7, 11) is 1.52. The molecule has 1 unspecified atom stereocenters. The third-order valence-electron chi connectivity index (χ3n) is 6.23. The van der Waals surface area contributed by atoms with Gasteiger partial charge in [-0.05, 0) is 54.4 Å². The molecule has 1 amide bonds. The molecule has 9 heteroatoms. The zero-order chi connectivity index (χ0) is 25.9. The van der Waals surface area contributed by atoms with Gasteiger partial charge in [0.15, 0.2) is 23.0 Å². The van der Waals surface area contributed by atoms with Crippen LogP contribution >= 0.6 is 0 Å². The highest BCUT2D eigenvalue weighted by Gasteiger charge is 2.46. The van der Waals surface area contributed by atoms with Crippen molar-refractivity contribution in [2.45, 2.75) is 19.5 Å². The second-order valence-electron chi connectivity index (χ2n) is 8.49. The first kappa shape index (κ1) is 24.2. The fourth-order valence-corrected chi connectivity index (χ4v) is 4.55. The number of hydrogen-bond acceptors (Lipinski definition) is 8. The van der Waals surface area contributed by atoms with Gasteiger partial charge in [0.2, 0.25) is 0 Å². The van der Waals surface area contributed by atoms with Crippen LogP contribution in [-0.2, 0) is 16.1 Å². The molecule has 1 atom stereocenters. The maximum absolute atomic E-state index is 13.4. The molecular formula is C28H26N2O7. The van der Waals surface area contributed by atoms with Crippen molar-refractivity contribution in [1.29, 1.82) is 0 Å². The van der Waals surface area contributed by atoms with Gasteiger partial charge in [-0.15, -0.1) is 0 Å². The molecule has 2 aliphatic rings. The van der Waals surface area contributed by atoms with Crippen LogP contribution < -0.4 is 18.9 Å². The lowest BCUT2D eigenvalue weighted by Gasteiger charge is -2.26. The highest BCUT2D eigenvalue weighted by Crippen LogP contribution is 2.43. The number of pyridine rings is 1. The summed E-state index contributed by atoms with van der Waals surface area (Å²) in [5.74, 6) is 0.180. The number of Topliss-reactive ketones (excluding diaryl/α,β-unsaturated/α-hetero) is 1. The fraction of sp³-hybridized carbons (Fsp3) is 0.250. The van der Waals surface area contributed by atoms with Crippen LogP contribution in [0.5, 0.6) is 23.0 Å². The van der Waals surface area contributed by atoms with Crippen LogP contribution in [0.25, 0.3) is 5.76 Å². The maximum atomic E-state index is 13.4. The van der Waals surface area contributed by atoms with Crippen molar-refractivity contribution in [1.82, 2.24) is 9.88 Å². The Bertz CT molecular complexity index is 1370. The quantitative estimate of drug-likeness (QED) is 0.295. The van der Waals surface area contributed by atoms with Crippen LogP contribution in [0.15, 0.2) is 66.5 Å². The number of fused-ring (bicyclic) bond motifs is 1. The average molecular weight is 503 g/mol. The SMILES string of the molecule is CCOc1ccc(C2C(=C(O)c3ccc4c(c3)OCCO4)C(=O)C(=O)N2Cc2cccnc2)cc1OC. The molecule has 37 heavy (non-hydrogen) atoms. The lowest BCUT2D eigenvalue weighted by molar-refractivity contribution is -0.140. The minimum atomic E-state index is -0.877. The summed E-state index contributed by atoms with van der Waals surface area (Å²) in [5.41, 5.74) is 1.64. The third kappa shape index (κ3) is 4.55. The van der Waals surface area contributed by atoms with Gasteiger partial charge in [-0.2, -0.15) is 0 Å². The molecule has 1 N–H and O–H groups in total. The highest BCUT2D eigenvalue weighted by atomic mass is 16.6. The van der Waals surface area contributed by atoms with Gasteiger partial charge in [0.05, 0.1) is 25.3 Å². The number of amides is 1. The van der Waals surface area contributed by atoms with Crippen molar-refractivity contribution in [3.05, 3.63) is 83.2 Å². The predicted octanol–water partition coefficient (Wildman–Crippen LogP) is 3.88. The van der Waals surface area contributed by atoms with E-state index in [4.69, 9.17) is 18.9 Å². The molecule has 1 saturated heterocycles. The minimum Gasteiger partial charge on any atom is -0.507 e. The van der Waals surface area contributed by atoms with E-state index in [1.54, 1.807) is 54.9 Å². The summed E-state index contributed by atoms with van der Waals surface area (Å²) in [4.78, 5) is 32.2. The number of aliphatic hydroxyl groups is 1. The molecule has 190 valence electrons. The molecule has 9 nitrogen and oxygen atoms in total. The monoisotopic (exact) mass is 502 g/mol. The number of nitrogens with zero attached hydrogens (tertiary/aromatic N) is 2. The number of carbonyl (C=O) groups excluding carboxylic acids is 2. The van der Waals surface area contributed by atoms with Gasteiger partial charge in [-0.25, -0.2) is 0 Å². The molecule has 0 bridgehead atoms. The van der Waals surface area contributed by atoms with Gasteiger partial charge in [0.25, 0.3) is 11.7 Å². The van der Waals surface area contributed by atoms with E-state index in [1.165, 1.54) is 12.0 Å². The Hall–Kier alpha value is -4.53. The zero-order valence-electron chi connectivity index (χ0n) is 20.5. The topological polar surface area (TPSA) is 107 Å². The van der Waals surface area contributed by atoms with Crippen LogP contribution in [-0.4, -0.2) is 53.6 Å². The largest absolute Gasteiger partial charge is 0.507 e. The predicted molar refractivity (Wildman–Crippen MR) is 134 cm³/mol. The van der Waals surface area contributed by atoms with E-state index >= 15 is 0 Å². The first-order valence-corrected chi connectivity index (χ1v) is 11.9. The van der Waals surface area contributed by atoms with E-state index in [0.29, 0.717) is 53.9 Å². The Balaban J connectivity index is 1.65.